The van der Waals surface area contributed by atoms with Gasteiger partial charge in [0, 0.05) is 44.8 Å². The highest BCUT2D eigenvalue weighted by molar-refractivity contribution is 5.92. The van der Waals surface area contributed by atoms with E-state index in [2.05, 4.69) is 15.1 Å². The molecule has 2 aromatic carbocycles. The summed E-state index contributed by atoms with van der Waals surface area (Å²) in [7, 11) is 1.60. The third-order valence-corrected chi connectivity index (χ3v) is 4.85. The molecule has 0 aromatic heterocycles. The fourth-order valence-electron chi connectivity index (χ4n) is 3.27. The Hall–Kier alpha value is -2.60. The third kappa shape index (κ3) is 5.20. The van der Waals surface area contributed by atoms with Crippen LogP contribution in [0.2, 0.25) is 0 Å². The van der Waals surface area contributed by atoms with E-state index >= 15 is 0 Å². The van der Waals surface area contributed by atoms with Crippen LogP contribution in [-0.4, -0.2) is 50.6 Å². The molecular formula is C21H26FN3O2. The molecule has 6 heteroatoms. The summed E-state index contributed by atoms with van der Waals surface area (Å²) in [6.45, 7) is 6.22. The molecule has 1 N–H and O–H groups in total. The van der Waals surface area contributed by atoms with Gasteiger partial charge in [-0.1, -0.05) is 6.07 Å². The Morgan fingerprint density at radius 2 is 1.81 bits per heavy atom. The van der Waals surface area contributed by atoms with Gasteiger partial charge in [-0.15, -0.1) is 0 Å². The van der Waals surface area contributed by atoms with Gasteiger partial charge in [-0.25, -0.2) is 4.39 Å². The van der Waals surface area contributed by atoms with Gasteiger partial charge in [0.05, 0.1) is 12.8 Å². The van der Waals surface area contributed by atoms with Crippen LogP contribution in [0.15, 0.2) is 42.5 Å². The number of rotatable bonds is 6. The van der Waals surface area contributed by atoms with Gasteiger partial charge in [0.15, 0.2) is 0 Å². The molecule has 1 heterocycles. The summed E-state index contributed by atoms with van der Waals surface area (Å²) in [6.07, 6.45) is 0.438. The summed E-state index contributed by atoms with van der Waals surface area (Å²) < 4.78 is 18.3. The number of piperazine rings is 1. The highest BCUT2D eigenvalue weighted by atomic mass is 19.1. The zero-order chi connectivity index (χ0) is 19.2. The van der Waals surface area contributed by atoms with Gasteiger partial charge in [-0.05, 0) is 48.9 Å². The SMILES string of the molecule is COc1ccc(C)cc1NC(=O)CCN1CCN(c2ccc(F)cc2)CC1. The molecule has 1 aliphatic rings. The molecule has 0 unspecified atom stereocenters. The van der Waals surface area contributed by atoms with Crippen LogP contribution in [0.3, 0.4) is 0 Å². The van der Waals surface area contributed by atoms with Gasteiger partial charge in [-0.2, -0.15) is 0 Å². The van der Waals surface area contributed by atoms with E-state index in [1.807, 2.05) is 37.3 Å². The maximum Gasteiger partial charge on any atom is 0.225 e. The number of halogens is 1. The smallest absolute Gasteiger partial charge is 0.225 e. The normalized spacial score (nSPS) is 14.9. The van der Waals surface area contributed by atoms with Crippen LogP contribution in [-0.2, 0) is 4.79 Å². The van der Waals surface area contributed by atoms with E-state index in [0.29, 0.717) is 17.9 Å². The second kappa shape index (κ2) is 8.86. The van der Waals surface area contributed by atoms with Crippen molar-refractivity contribution in [3.05, 3.63) is 53.8 Å². The van der Waals surface area contributed by atoms with E-state index < -0.39 is 0 Å². The van der Waals surface area contributed by atoms with Crippen LogP contribution < -0.4 is 15.0 Å². The average molecular weight is 371 g/mol. The molecule has 27 heavy (non-hydrogen) atoms. The molecule has 0 bridgehead atoms. The van der Waals surface area contributed by atoms with Gasteiger partial charge in [-0.3, -0.25) is 9.69 Å². The molecule has 1 saturated heterocycles. The molecule has 0 spiro atoms. The Kier molecular flexibility index (Phi) is 6.29. The lowest BCUT2D eigenvalue weighted by atomic mass is 10.2. The molecule has 0 radical (unpaired) electrons. The number of hydrogen-bond donors (Lipinski definition) is 1. The van der Waals surface area contributed by atoms with Gasteiger partial charge >= 0.3 is 0 Å². The molecule has 0 atom stereocenters. The standard InChI is InChI=1S/C21H26FN3O2/c1-16-3-8-20(27-2)19(15-16)23-21(26)9-10-24-11-13-25(14-12-24)18-6-4-17(22)5-7-18/h3-8,15H,9-14H2,1-2H3,(H,23,26). The van der Waals surface area contributed by atoms with Gasteiger partial charge in [0.2, 0.25) is 5.91 Å². The summed E-state index contributed by atoms with van der Waals surface area (Å²) >= 11 is 0. The lowest BCUT2D eigenvalue weighted by Crippen LogP contribution is -2.47. The van der Waals surface area contributed by atoms with Crippen molar-refractivity contribution >= 4 is 17.3 Å². The first-order chi connectivity index (χ1) is 13.0. The fourth-order valence-corrected chi connectivity index (χ4v) is 3.27. The monoisotopic (exact) mass is 371 g/mol. The van der Waals surface area contributed by atoms with E-state index in [9.17, 15) is 9.18 Å². The second-order valence-electron chi connectivity index (χ2n) is 6.81. The third-order valence-electron chi connectivity index (χ3n) is 4.85. The number of hydrogen-bond acceptors (Lipinski definition) is 4. The van der Waals surface area contributed by atoms with E-state index in [0.717, 1.165) is 44.0 Å². The van der Waals surface area contributed by atoms with Crippen molar-refractivity contribution in [3.8, 4) is 5.75 Å². The van der Waals surface area contributed by atoms with Gasteiger partial charge in [0.25, 0.3) is 0 Å². The number of ether oxygens (including phenoxy) is 1. The number of anilines is 2. The number of carbonyl (C=O) groups is 1. The first kappa shape index (κ1) is 19.2. The van der Waals surface area contributed by atoms with Gasteiger partial charge < -0.3 is 15.0 Å². The van der Waals surface area contributed by atoms with Crippen LogP contribution in [0.4, 0.5) is 15.8 Å². The first-order valence-corrected chi connectivity index (χ1v) is 9.22. The number of benzene rings is 2. The Morgan fingerprint density at radius 1 is 1.11 bits per heavy atom. The number of amides is 1. The van der Waals surface area contributed by atoms with E-state index in [-0.39, 0.29) is 11.7 Å². The average Bonchev–Trinajstić information content (AvgIpc) is 2.68. The first-order valence-electron chi connectivity index (χ1n) is 9.22. The molecule has 1 aliphatic heterocycles. The molecule has 144 valence electrons. The van der Waals surface area contributed by atoms with Crippen molar-refractivity contribution < 1.29 is 13.9 Å². The molecule has 2 aromatic rings. The van der Waals surface area contributed by atoms with Gasteiger partial charge in [0.1, 0.15) is 11.6 Å². The molecule has 5 nitrogen and oxygen atoms in total. The van der Waals surface area contributed by atoms with Crippen molar-refractivity contribution in [1.29, 1.82) is 0 Å². The predicted molar refractivity (Wildman–Crippen MR) is 106 cm³/mol. The Balaban J connectivity index is 1.45. The van der Waals surface area contributed by atoms with Crippen molar-refractivity contribution in [1.82, 2.24) is 4.90 Å². The summed E-state index contributed by atoms with van der Waals surface area (Å²) in [4.78, 5) is 16.8. The van der Waals surface area contributed by atoms with Crippen molar-refractivity contribution in [2.45, 2.75) is 13.3 Å². The molecule has 1 amide bonds. The number of aryl methyl sites for hydroxylation is 1. The second-order valence-corrected chi connectivity index (χ2v) is 6.81. The zero-order valence-electron chi connectivity index (χ0n) is 15.9. The van der Waals surface area contributed by atoms with Crippen molar-refractivity contribution in [2.24, 2.45) is 0 Å². The molecule has 0 aliphatic carbocycles. The number of nitrogens with zero attached hydrogens (tertiary/aromatic N) is 2. The Labute approximate surface area is 159 Å². The summed E-state index contributed by atoms with van der Waals surface area (Å²) in [5, 5.41) is 2.95. The Morgan fingerprint density at radius 3 is 2.48 bits per heavy atom. The summed E-state index contributed by atoms with van der Waals surface area (Å²) in [5.41, 5.74) is 2.83. The van der Waals surface area contributed by atoms with Crippen molar-refractivity contribution in [2.75, 3.05) is 50.1 Å². The Bertz CT molecular complexity index is 771. The lowest BCUT2D eigenvalue weighted by Gasteiger charge is -2.36. The topological polar surface area (TPSA) is 44.8 Å². The van der Waals surface area contributed by atoms with Crippen LogP contribution in [0.25, 0.3) is 0 Å². The van der Waals surface area contributed by atoms with Crippen LogP contribution >= 0.6 is 0 Å². The molecule has 3 rings (SSSR count). The van der Waals surface area contributed by atoms with E-state index in [1.165, 1.54) is 12.1 Å². The van der Waals surface area contributed by atoms with Crippen LogP contribution in [0.1, 0.15) is 12.0 Å². The summed E-state index contributed by atoms with van der Waals surface area (Å²) in [5.74, 6) is 0.440. The number of methoxy groups -OCH3 is 1. The number of nitrogens with one attached hydrogen (secondary N) is 1. The molecular weight excluding hydrogens is 345 g/mol. The fraction of sp³-hybridized carbons (Fsp3) is 0.381. The lowest BCUT2D eigenvalue weighted by molar-refractivity contribution is -0.116. The largest absolute Gasteiger partial charge is 0.495 e. The quantitative estimate of drug-likeness (QED) is 0.846. The van der Waals surface area contributed by atoms with E-state index in [1.54, 1.807) is 7.11 Å². The summed E-state index contributed by atoms with van der Waals surface area (Å²) in [6, 6.07) is 12.3. The number of carbonyl (C=O) groups excluding carboxylic acids is 1. The predicted octanol–water partition coefficient (Wildman–Crippen LogP) is 3.29. The maximum absolute atomic E-state index is 13.0. The molecule has 0 saturated carbocycles. The molecule has 1 fully saturated rings. The highest BCUT2D eigenvalue weighted by Crippen LogP contribution is 2.25. The minimum Gasteiger partial charge on any atom is -0.495 e. The minimum atomic E-state index is -0.214. The highest BCUT2D eigenvalue weighted by Gasteiger charge is 2.18. The van der Waals surface area contributed by atoms with Crippen LogP contribution in [0, 0.1) is 12.7 Å². The van der Waals surface area contributed by atoms with Crippen LogP contribution in [0.5, 0.6) is 5.75 Å². The van der Waals surface area contributed by atoms with E-state index in [4.69, 9.17) is 4.74 Å². The maximum atomic E-state index is 13.0. The van der Waals surface area contributed by atoms with Crippen molar-refractivity contribution in [3.63, 3.8) is 0 Å². The minimum absolute atomic E-state index is 0.0140. The zero-order valence-corrected chi connectivity index (χ0v) is 15.9.